The molecule has 0 radical (unpaired) electrons. The van der Waals surface area contributed by atoms with E-state index in [-0.39, 0.29) is 43.3 Å². The van der Waals surface area contributed by atoms with Crippen molar-refractivity contribution in [2.75, 3.05) is 45.8 Å². The van der Waals surface area contributed by atoms with Crippen LogP contribution >= 0.6 is 37.2 Å². The summed E-state index contributed by atoms with van der Waals surface area (Å²) in [5, 5.41) is 25.5. The number of aliphatic hydroxyl groups excluding tert-OH is 2. The molecule has 0 aromatic carbocycles. The Bertz CT molecular complexity index is 178. The first-order valence-electron chi connectivity index (χ1n) is 6.63. The largest absolute Gasteiger partial charge is 0.390 e. The van der Waals surface area contributed by atoms with E-state index in [1.807, 2.05) is 6.92 Å². The Morgan fingerprint density at radius 1 is 0.800 bits per heavy atom. The Labute approximate surface area is 142 Å². The molecule has 0 rings (SSSR count). The second-order valence-corrected chi connectivity index (χ2v) is 4.26. The topological polar surface area (TPSA) is 67.8 Å². The van der Waals surface area contributed by atoms with Gasteiger partial charge in [-0.1, -0.05) is 20.8 Å². The molecule has 4 N–H and O–H groups in total. The molecule has 0 fully saturated rings. The zero-order valence-electron chi connectivity index (χ0n) is 12.7. The highest BCUT2D eigenvalue weighted by Gasteiger charge is 2.09. The van der Waals surface area contributed by atoms with Crippen molar-refractivity contribution in [1.29, 1.82) is 0 Å². The van der Waals surface area contributed by atoms with Crippen molar-refractivity contribution in [2.24, 2.45) is 0 Å². The molecular weight excluding hydrogens is 325 g/mol. The molecular formula is C12H32Cl3N3O2. The Morgan fingerprint density at radius 3 is 1.70 bits per heavy atom. The Morgan fingerprint density at radius 2 is 1.25 bits per heavy atom. The summed E-state index contributed by atoms with van der Waals surface area (Å²) in [5.74, 6) is 0. The van der Waals surface area contributed by atoms with Crippen LogP contribution in [-0.4, -0.2) is 73.1 Å². The maximum absolute atomic E-state index is 9.77. The Kier molecular flexibility index (Phi) is 28.3. The fraction of sp³-hybridized carbons (Fsp3) is 1.00. The van der Waals surface area contributed by atoms with Crippen LogP contribution in [0.25, 0.3) is 0 Å². The first-order chi connectivity index (χ1) is 8.13. The molecule has 5 nitrogen and oxygen atoms in total. The molecule has 128 valence electrons. The van der Waals surface area contributed by atoms with Crippen molar-refractivity contribution in [1.82, 2.24) is 15.5 Å². The number of likely N-dealkylation sites (N-methyl/N-ethyl adjacent to an activating group) is 2. The van der Waals surface area contributed by atoms with Crippen LogP contribution in [0.2, 0.25) is 0 Å². The molecule has 20 heavy (non-hydrogen) atoms. The summed E-state index contributed by atoms with van der Waals surface area (Å²) in [4.78, 5) is 2.18. The maximum Gasteiger partial charge on any atom is 0.0791 e. The van der Waals surface area contributed by atoms with Gasteiger partial charge in [0.15, 0.2) is 0 Å². The van der Waals surface area contributed by atoms with E-state index >= 15 is 0 Å². The number of hydrogen-bond donors (Lipinski definition) is 4. The van der Waals surface area contributed by atoms with E-state index in [9.17, 15) is 10.2 Å². The highest BCUT2D eigenvalue weighted by molar-refractivity contribution is 5.86. The van der Waals surface area contributed by atoms with Gasteiger partial charge in [0.1, 0.15) is 0 Å². The standard InChI is InChI=1S/C12H29N3O2.3ClH/c1-4-13-7-11(16)8-14-9-12(17)10-15(5-2)6-3;;;/h11-14,16-17H,4-10H2,1-3H3;3*1H. The zero-order chi connectivity index (χ0) is 13.1. The van der Waals surface area contributed by atoms with Crippen molar-refractivity contribution in [2.45, 2.75) is 33.0 Å². The van der Waals surface area contributed by atoms with Crippen LogP contribution in [-0.2, 0) is 0 Å². The summed E-state index contributed by atoms with van der Waals surface area (Å²) in [6, 6.07) is 0. The van der Waals surface area contributed by atoms with Crippen LogP contribution in [0, 0.1) is 0 Å². The fourth-order valence-electron chi connectivity index (χ4n) is 1.64. The second kappa shape index (κ2) is 19.7. The van der Waals surface area contributed by atoms with E-state index in [1.165, 1.54) is 0 Å². The molecule has 0 aliphatic carbocycles. The highest BCUT2D eigenvalue weighted by atomic mass is 35.5. The van der Waals surface area contributed by atoms with Gasteiger partial charge in [0.2, 0.25) is 0 Å². The average Bonchev–Trinajstić information content (AvgIpc) is 2.33. The van der Waals surface area contributed by atoms with Gasteiger partial charge in [0.05, 0.1) is 12.2 Å². The minimum Gasteiger partial charge on any atom is -0.390 e. The third kappa shape index (κ3) is 16.7. The SMILES string of the molecule is CCNCC(O)CNCC(O)CN(CC)CC.Cl.Cl.Cl. The zero-order valence-corrected chi connectivity index (χ0v) is 15.1. The molecule has 0 spiro atoms. The first kappa shape index (κ1) is 28.8. The van der Waals surface area contributed by atoms with Gasteiger partial charge in [-0.05, 0) is 19.6 Å². The molecule has 0 aromatic heterocycles. The van der Waals surface area contributed by atoms with E-state index in [0.29, 0.717) is 26.2 Å². The Balaban J connectivity index is -0.000000427. The van der Waals surface area contributed by atoms with Crippen LogP contribution in [0.4, 0.5) is 0 Å². The molecule has 0 saturated heterocycles. The molecule has 0 bridgehead atoms. The molecule has 0 amide bonds. The van der Waals surface area contributed by atoms with Crippen LogP contribution in [0.15, 0.2) is 0 Å². The molecule has 0 aliphatic rings. The van der Waals surface area contributed by atoms with Crippen molar-refractivity contribution in [3.05, 3.63) is 0 Å². The molecule has 0 heterocycles. The number of nitrogens with one attached hydrogen (secondary N) is 2. The van der Waals surface area contributed by atoms with Gasteiger partial charge in [-0.3, -0.25) is 0 Å². The summed E-state index contributed by atoms with van der Waals surface area (Å²) in [7, 11) is 0. The van der Waals surface area contributed by atoms with Crippen molar-refractivity contribution in [3.63, 3.8) is 0 Å². The van der Waals surface area contributed by atoms with E-state index < -0.39 is 6.10 Å². The van der Waals surface area contributed by atoms with Gasteiger partial charge >= 0.3 is 0 Å². The number of rotatable bonds is 11. The van der Waals surface area contributed by atoms with Crippen molar-refractivity contribution >= 4 is 37.2 Å². The fourth-order valence-corrected chi connectivity index (χ4v) is 1.64. The first-order valence-corrected chi connectivity index (χ1v) is 6.63. The lowest BCUT2D eigenvalue weighted by molar-refractivity contribution is 0.109. The minimum atomic E-state index is -0.393. The molecule has 2 unspecified atom stereocenters. The van der Waals surface area contributed by atoms with Gasteiger partial charge in [0.25, 0.3) is 0 Å². The van der Waals surface area contributed by atoms with Crippen molar-refractivity contribution in [3.8, 4) is 0 Å². The number of halogens is 3. The van der Waals surface area contributed by atoms with Gasteiger partial charge in [-0.15, -0.1) is 37.2 Å². The maximum atomic E-state index is 9.77. The smallest absolute Gasteiger partial charge is 0.0791 e. The van der Waals surface area contributed by atoms with Crippen LogP contribution in [0.1, 0.15) is 20.8 Å². The molecule has 8 heteroatoms. The Hall–Kier alpha value is 0.670. The number of aliphatic hydroxyl groups is 2. The summed E-state index contributed by atoms with van der Waals surface area (Å²) >= 11 is 0. The lowest BCUT2D eigenvalue weighted by Gasteiger charge is -2.22. The van der Waals surface area contributed by atoms with Gasteiger partial charge in [-0.2, -0.15) is 0 Å². The van der Waals surface area contributed by atoms with E-state index in [0.717, 1.165) is 19.6 Å². The lowest BCUT2D eigenvalue weighted by atomic mass is 10.3. The van der Waals surface area contributed by atoms with E-state index in [1.54, 1.807) is 0 Å². The summed E-state index contributed by atoms with van der Waals surface area (Å²) in [6.07, 6.45) is -0.767. The third-order valence-electron chi connectivity index (χ3n) is 2.75. The normalized spacial score (nSPS) is 12.9. The van der Waals surface area contributed by atoms with E-state index in [4.69, 9.17) is 0 Å². The van der Waals surface area contributed by atoms with Gasteiger partial charge in [0, 0.05) is 26.2 Å². The monoisotopic (exact) mass is 355 g/mol. The lowest BCUT2D eigenvalue weighted by Crippen LogP contribution is -2.42. The average molecular weight is 357 g/mol. The number of nitrogens with zero attached hydrogens (tertiary/aromatic N) is 1. The highest BCUT2D eigenvalue weighted by Crippen LogP contribution is 1.91. The minimum absolute atomic E-state index is 0. The number of hydrogen-bond acceptors (Lipinski definition) is 5. The van der Waals surface area contributed by atoms with E-state index in [2.05, 4.69) is 29.4 Å². The quantitative estimate of drug-likeness (QED) is 0.434. The van der Waals surface area contributed by atoms with Crippen LogP contribution in [0.5, 0.6) is 0 Å². The summed E-state index contributed by atoms with van der Waals surface area (Å²) in [5.41, 5.74) is 0. The predicted octanol–water partition coefficient (Wildman–Crippen LogP) is 0.514. The molecule has 0 saturated carbocycles. The summed E-state index contributed by atoms with van der Waals surface area (Å²) in [6.45, 7) is 11.3. The van der Waals surface area contributed by atoms with Crippen molar-refractivity contribution < 1.29 is 10.2 Å². The molecule has 2 atom stereocenters. The van der Waals surface area contributed by atoms with Gasteiger partial charge < -0.3 is 25.7 Å². The third-order valence-corrected chi connectivity index (χ3v) is 2.75. The summed E-state index contributed by atoms with van der Waals surface area (Å²) < 4.78 is 0. The second-order valence-electron chi connectivity index (χ2n) is 4.26. The predicted molar refractivity (Wildman–Crippen MR) is 93.0 cm³/mol. The molecule has 0 aromatic rings. The molecule has 0 aliphatic heterocycles. The van der Waals surface area contributed by atoms with Gasteiger partial charge in [-0.25, -0.2) is 0 Å². The van der Waals surface area contributed by atoms with Crippen LogP contribution < -0.4 is 10.6 Å². The van der Waals surface area contributed by atoms with Crippen LogP contribution in [0.3, 0.4) is 0 Å².